The number of amides is 2. The molecule has 2 saturated carbocycles. The SMILES string of the molecule is CCOP(=O)(ON(Sc1ccccc1)C(=O)C1CCCCC1)ON(Sc1ccccc1)C(=O)C1CCCCC1. The van der Waals surface area contributed by atoms with Gasteiger partial charge in [-0.3, -0.25) is 14.1 Å². The van der Waals surface area contributed by atoms with Crippen LogP contribution in [0.4, 0.5) is 0 Å². The Kier molecular flexibility index (Phi) is 11.8. The van der Waals surface area contributed by atoms with Crippen LogP contribution in [-0.2, 0) is 27.9 Å². The molecule has 0 radical (unpaired) electrons. The molecule has 2 fully saturated rings. The van der Waals surface area contributed by atoms with Crippen molar-refractivity contribution >= 4 is 43.5 Å². The summed E-state index contributed by atoms with van der Waals surface area (Å²) in [6.07, 6.45) is 8.96. The smallest absolute Gasteiger partial charge is 0.285 e. The van der Waals surface area contributed by atoms with Crippen LogP contribution in [0.1, 0.15) is 71.1 Å². The first-order chi connectivity index (χ1) is 19.0. The molecule has 2 aliphatic carbocycles. The molecule has 2 amide bonds. The van der Waals surface area contributed by atoms with E-state index in [0.717, 1.165) is 107 Å². The fourth-order valence-corrected chi connectivity index (χ4v) is 7.90. The molecule has 2 aliphatic rings. The van der Waals surface area contributed by atoms with Gasteiger partial charge in [0.2, 0.25) is 0 Å². The maximum atomic E-state index is 14.1. The summed E-state index contributed by atoms with van der Waals surface area (Å²) < 4.78 is 33.4. The van der Waals surface area contributed by atoms with Gasteiger partial charge in [-0.15, -0.1) is 8.94 Å². The van der Waals surface area contributed by atoms with Crippen LogP contribution in [0.3, 0.4) is 0 Å². The zero-order valence-electron chi connectivity index (χ0n) is 22.3. The van der Waals surface area contributed by atoms with E-state index in [-0.39, 0.29) is 30.3 Å². The topological polar surface area (TPSA) is 85.4 Å². The predicted octanol–water partition coefficient (Wildman–Crippen LogP) is 8.23. The van der Waals surface area contributed by atoms with Crippen molar-refractivity contribution in [3.63, 3.8) is 0 Å². The monoisotopic (exact) mass is 592 g/mol. The molecule has 0 bridgehead atoms. The van der Waals surface area contributed by atoms with Crippen molar-refractivity contribution in [3.8, 4) is 0 Å². The third kappa shape index (κ3) is 9.10. The van der Waals surface area contributed by atoms with Crippen LogP contribution in [0.5, 0.6) is 0 Å². The number of hydrogen-bond donors (Lipinski definition) is 0. The second kappa shape index (κ2) is 15.3. The fourth-order valence-electron chi connectivity index (χ4n) is 4.76. The number of benzene rings is 2. The molecular weight excluding hydrogens is 555 g/mol. The minimum atomic E-state index is -4.45. The van der Waals surface area contributed by atoms with Gasteiger partial charge >= 0.3 is 7.82 Å². The lowest BCUT2D eigenvalue weighted by atomic mass is 9.89. The van der Waals surface area contributed by atoms with Crippen molar-refractivity contribution in [1.29, 1.82) is 0 Å². The van der Waals surface area contributed by atoms with Crippen molar-refractivity contribution in [2.75, 3.05) is 6.61 Å². The van der Waals surface area contributed by atoms with E-state index < -0.39 is 7.82 Å². The summed E-state index contributed by atoms with van der Waals surface area (Å²) in [6, 6.07) is 18.5. The lowest BCUT2D eigenvalue weighted by Crippen LogP contribution is -2.35. The Bertz CT molecular complexity index is 1020. The number of hydroxylamine groups is 2. The first-order valence-corrected chi connectivity index (χ1v) is 16.8. The van der Waals surface area contributed by atoms with Crippen LogP contribution >= 0.6 is 31.7 Å². The molecule has 0 N–H and O–H groups in total. The largest absolute Gasteiger partial charge is 0.519 e. The summed E-state index contributed by atoms with van der Waals surface area (Å²) >= 11 is 2.06. The van der Waals surface area contributed by atoms with Crippen molar-refractivity contribution in [1.82, 2.24) is 8.94 Å². The third-order valence-corrected chi connectivity index (χ3v) is 10.1. The summed E-state index contributed by atoms with van der Waals surface area (Å²) in [7, 11) is -4.45. The van der Waals surface area contributed by atoms with E-state index in [4.69, 9.17) is 13.8 Å². The van der Waals surface area contributed by atoms with Crippen molar-refractivity contribution < 1.29 is 27.9 Å². The Hall–Kier alpha value is -1.81. The highest BCUT2D eigenvalue weighted by molar-refractivity contribution is 7.97. The molecular formula is C28H37N2O6PS2. The Morgan fingerprint density at radius 3 is 1.46 bits per heavy atom. The third-order valence-electron chi connectivity index (χ3n) is 6.77. The van der Waals surface area contributed by atoms with Gasteiger partial charge in [0.15, 0.2) is 0 Å². The molecule has 0 unspecified atom stereocenters. The fraction of sp³-hybridized carbons (Fsp3) is 0.500. The summed E-state index contributed by atoms with van der Waals surface area (Å²) in [4.78, 5) is 28.7. The quantitative estimate of drug-likeness (QED) is 0.138. The molecule has 0 atom stereocenters. The van der Waals surface area contributed by atoms with Crippen LogP contribution in [-0.4, -0.2) is 27.4 Å². The number of phosphoric acid groups is 1. The molecule has 0 spiro atoms. The Labute approximate surface area is 239 Å². The maximum Gasteiger partial charge on any atom is 0.519 e. The van der Waals surface area contributed by atoms with Crippen LogP contribution in [0.25, 0.3) is 0 Å². The molecule has 39 heavy (non-hydrogen) atoms. The van der Waals surface area contributed by atoms with Crippen molar-refractivity contribution in [3.05, 3.63) is 60.7 Å². The molecule has 0 aromatic heterocycles. The summed E-state index contributed by atoms with van der Waals surface area (Å²) in [5.41, 5.74) is 0. The molecule has 0 aliphatic heterocycles. The van der Waals surface area contributed by atoms with Gasteiger partial charge in [-0.25, -0.2) is 4.57 Å². The lowest BCUT2D eigenvalue weighted by molar-refractivity contribution is -0.158. The van der Waals surface area contributed by atoms with Crippen LogP contribution in [0.2, 0.25) is 0 Å². The molecule has 2 aromatic carbocycles. The molecule has 11 heteroatoms. The number of hydrogen-bond acceptors (Lipinski definition) is 8. The van der Waals surface area contributed by atoms with Crippen LogP contribution in [0, 0.1) is 11.8 Å². The van der Waals surface area contributed by atoms with Gasteiger partial charge in [-0.1, -0.05) is 74.9 Å². The minimum Gasteiger partial charge on any atom is -0.285 e. The Balaban J connectivity index is 1.59. The highest BCUT2D eigenvalue weighted by Crippen LogP contribution is 2.55. The molecule has 4 rings (SSSR count). The second-order valence-electron chi connectivity index (χ2n) is 9.70. The Morgan fingerprint density at radius 2 is 1.10 bits per heavy atom. The highest BCUT2D eigenvalue weighted by atomic mass is 32.2. The maximum absolute atomic E-state index is 14.1. The standard InChI is InChI=1S/C28H37N2O6PS2/c1-2-34-37(33,35-29(38-25-19-11-5-12-20-25)27(31)23-15-7-3-8-16-23)36-30(39-26-21-13-6-14-22-26)28(32)24-17-9-4-10-18-24/h5-6,11-14,19-24H,2-4,7-10,15-18H2,1H3. The van der Waals surface area contributed by atoms with E-state index in [1.807, 2.05) is 60.7 Å². The molecule has 0 saturated heterocycles. The summed E-state index contributed by atoms with van der Waals surface area (Å²) in [6.45, 7) is 1.66. The van der Waals surface area contributed by atoms with Gasteiger partial charge < -0.3 is 0 Å². The number of rotatable bonds is 12. The van der Waals surface area contributed by atoms with Crippen molar-refractivity contribution in [2.24, 2.45) is 11.8 Å². The highest BCUT2D eigenvalue weighted by Gasteiger charge is 2.41. The zero-order chi connectivity index (χ0) is 27.5. The molecule has 2 aromatic rings. The average molecular weight is 593 g/mol. The average Bonchev–Trinajstić information content (AvgIpc) is 2.98. The minimum absolute atomic E-state index is 0.000202. The molecule has 0 heterocycles. The van der Waals surface area contributed by atoms with Crippen LogP contribution in [0.15, 0.2) is 70.5 Å². The second-order valence-corrected chi connectivity index (χ2v) is 13.1. The van der Waals surface area contributed by atoms with Crippen molar-refractivity contribution in [2.45, 2.75) is 80.9 Å². The predicted molar refractivity (Wildman–Crippen MR) is 153 cm³/mol. The normalized spacial score (nSPS) is 17.1. The van der Waals surface area contributed by atoms with E-state index in [9.17, 15) is 14.2 Å². The van der Waals surface area contributed by atoms with Gasteiger partial charge in [0, 0.05) is 45.5 Å². The molecule has 8 nitrogen and oxygen atoms in total. The van der Waals surface area contributed by atoms with E-state index in [0.29, 0.717) is 0 Å². The van der Waals surface area contributed by atoms with E-state index in [1.165, 1.54) is 0 Å². The van der Waals surface area contributed by atoms with Crippen LogP contribution < -0.4 is 0 Å². The number of carbonyl (C=O) groups is 2. The number of nitrogens with zero attached hydrogens (tertiary/aromatic N) is 2. The van der Waals surface area contributed by atoms with Gasteiger partial charge in [0.05, 0.1) is 6.61 Å². The van der Waals surface area contributed by atoms with E-state index in [1.54, 1.807) is 6.92 Å². The lowest BCUT2D eigenvalue weighted by Gasteiger charge is -2.32. The van der Waals surface area contributed by atoms with Gasteiger partial charge in [-0.2, -0.15) is 9.25 Å². The van der Waals surface area contributed by atoms with E-state index >= 15 is 0 Å². The Morgan fingerprint density at radius 1 is 0.718 bits per heavy atom. The first kappa shape index (κ1) is 30.2. The zero-order valence-corrected chi connectivity index (χ0v) is 24.8. The van der Waals surface area contributed by atoms with Gasteiger partial charge in [-0.05, 0) is 56.9 Å². The van der Waals surface area contributed by atoms with Gasteiger partial charge in [0.1, 0.15) is 0 Å². The molecule has 212 valence electrons. The first-order valence-electron chi connectivity index (χ1n) is 13.8. The number of carbonyl (C=O) groups excluding carboxylic acids is 2. The van der Waals surface area contributed by atoms with E-state index in [2.05, 4.69) is 0 Å². The summed E-state index contributed by atoms with van der Waals surface area (Å²) in [5, 5.41) is 0. The summed E-state index contributed by atoms with van der Waals surface area (Å²) in [5.74, 6) is -1.06. The van der Waals surface area contributed by atoms with Gasteiger partial charge in [0.25, 0.3) is 11.8 Å².